The van der Waals surface area contributed by atoms with Gasteiger partial charge in [0.05, 0.1) is 31.0 Å². The van der Waals surface area contributed by atoms with Crippen molar-refractivity contribution < 1.29 is 23.9 Å². The van der Waals surface area contributed by atoms with Gasteiger partial charge in [-0.3, -0.25) is 19.3 Å². The van der Waals surface area contributed by atoms with E-state index in [0.29, 0.717) is 39.0 Å². The maximum absolute atomic E-state index is 13.6. The van der Waals surface area contributed by atoms with E-state index in [1.54, 1.807) is 57.8 Å². The van der Waals surface area contributed by atoms with Gasteiger partial charge in [-0.15, -0.1) is 11.3 Å². The minimum Gasteiger partial charge on any atom is -0.493 e. The van der Waals surface area contributed by atoms with E-state index in [1.165, 1.54) is 25.6 Å². The monoisotopic (exact) mass is 464 g/mol. The molecule has 0 spiro atoms. The smallest absolute Gasteiger partial charge is 0.264 e. The number of aromatic nitrogens is 1. The Hall–Kier alpha value is -3.92. The minimum atomic E-state index is -0.692. The van der Waals surface area contributed by atoms with Gasteiger partial charge in [0.2, 0.25) is 5.91 Å². The van der Waals surface area contributed by atoms with Crippen molar-refractivity contribution in [3.8, 4) is 11.5 Å². The SMILES string of the molecule is COc1ccc2c(c1OC)C(=O)N1c3ccccc3C(=O)N(CCC(=O)Nc3nccs3)C21. The summed E-state index contributed by atoms with van der Waals surface area (Å²) in [5, 5.41) is 4.99. The number of thiazole rings is 1. The summed E-state index contributed by atoms with van der Waals surface area (Å²) in [4.78, 5) is 46.8. The maximum atomic E-state index is 13.6. The van der Waals surface area contributed by atoms with Crippen molar-refractivity contribution in [2.45, 2.75) is 12.6 Å². The summed E-state index contributed by atoms with van der Waals surface area (Å²) < 4.78 is 10.9. The molecule has 0 bridgehead atoms. The maximum Gasteiger partial charge on any atom is 0.264 e. The molecule has 3 heterocycles. The number of rotatable bonds is 6. The third-order valence-corrected chi connectivity index (χ3v) is 6.43. The first-order valence-corrected chi connectivity index (χ1v) is 11.1. The second kappa shape index (κ2) is 8.21. The van der Waals surface area contributed by atoms with Gasteiger partial charge >= 0.3 is 0 Å². The molecule has 3 amide bonds. The van der Waals surface area contributed by atoms with E-state index in [0.717, 1.165) is 0 Å². The van der Waals surface area contributed by atoms with E-state index in [-0.39, 0.29) is 30.7 Å². The van der Waals surface area contributed by atoms with Crippen LogP contribution in [0, 0.1) is 0 Å². The highest BCUT2D eigenvalue weighted by molar-refractivity contribution is 7.13. The lowest BCUT2D eigenvalue weighted by Gasteiger charge is -2.40. The van der Waals surface area contributed by atoms with Gasteiger partial charge in [0.1, 0.15) is 6.17 Å². The molecule has 1 atom stereocenters. The van der Waals surface area contributed by atoms with Crippen molar-refractivity contribution in [1.29, 1.82) is 0 Å². The quantitative estimate of drug-likeness (QED) is 0.601. The second-order valence-electron chi connectivity index (χ2n) is 7.47. The van der Waals surface area contributed by atoms with Crippen LogP contribution < -0.4 is 19.7 Å². The average molecular weight is 465 g/mol. The number of carbonyl (C=O) groups is 3. The Bertz CT molecular complexity index is 1260. The molecule has 2 aliphatic rings. The van der Waals surface area contributed by atoms with Crippen molar-refractivity contribution in [1.82, 2.24) is 9.88 Å². The summed E-state index contributed by atoms with van der Waals surface area (Å²) in [6, 6.07) is 10.5. The lowest BCUT2D eigenvalue weighted by Crippen LogP contribution is -2.49. The van der Waals surface area contributed by atoms with Crippen LogP contribution in [0.4, 0.5) is 10.8 Å². The predicted molar refractivity (Wildman–Crippen MR) is 122 cm³/mol. The topological polar surface area (TPSA) is 101 Å². The molecular weight excluding hydrogens is 444 g/mol. The van der Waals surface area contributed by atoms with Crippen LogP contribution in [0.5, 0.6) is 11.5 Å². The molecule has 1 unspecified atom stereocenters. The lowest BCUT2D eigenvalue weighted by atomic mass is 10.0. The fourth-order valence-electron chi connectivity index (χ4n) is 4.34. The molecule has 168 valence electrons. The number of nitrogens with zero attached hydrogens (tertiary/aromatic N) is 3. The average Bonchev–Trinajstić information content (AvgIpc) is 3.44. The Kier molecular flexibility index (Phi) is 5.21. The van der Waals surface area contributed by atoms with Crippen molar-refractivity contribution >= 4 is 39.9 Å². The number of amides is 3. The van der Waals surface area contributed by atoms with E-state index in [1.807, 2.05) is 0 Å². The van der Waals surface area contributed by atoms with E-state index in [9.17, 15) is 14.4 Å². The van der Waals surface area contributed by atoms with Crippen molar-refractivity contribution in [2.24, 2.45) is 0 Å². The fraction of sp³-hybridized carbons (Fsp3) is 0.217. The standard InChI is InChI=1S/C23H20N4O5S/c1-31-16-8-7-14-18(19(16)32-2)22(30)27-15-6-4-3-5-13(15)21(29)26(20(14)27)11-9-17(28)25-23-24-10-12-33-23/h3-8,10,12,20H,9,11H2,1-2H3,(H,24,25,28). The van der Waals surface area contributed by atoms with Crippen molar-refractivity contribution in [3.63, 3.8) is 0 Å². The highest BCUT2D eigenvalue weighted by Crippen LogP contribution is 2.49. The van der Waals surface area contributed by atoms with Crippen molar-refractivity contribution in [3.05, 3.63) is 64.7 Å². The molecule has 10 heteroatoms. The molecule has 2 aromatic carbocycles. The number of para-hydroxylation sites is 1. The number of fused-ring (bicyclic) bond motifs is 5. The first-order chi connectivity index (χ1) is 16.0. The lowest BCUT2D eigenvalue weighted by molar-refractivity contribution is -0.116. The van der Waals surface area contributed by atoms with Gasteiger partial charge in [-0.1, -0.05) is 18.2 Å². The van der Waals surface area contributed by atoms with Crippen LogP contribution in [0.3, 0.4) is 0 Å². The Morgan fingerprint density at radius 2 is 1.94 bits per heavy atom. The highest BCUT2D eigenvalue weighted by atomic mass is 32.1. The Balaban J connectivity index is 1.55. The van der Waals surface area contributed by atoms with Gasteiger partial charge in [0, 0.05) is 30.1 Å². The Morgan fingerprint density at radius 1 is 1.12 bits per heavy atom. The minimum absolute atomic E-state index is 0.0502. The molecule has 0 fully saturated rings. The number of hydrogen-bond donors (Lipinski definition) is 1. The zero-order valence-corrected chi connectivity index (χ0v) is 18.7. The van der Waals surface area contributed by atoms with E-state index in [2.05, 4.69) is 10.3 Å². The van der Waals surface area contributed by atoms with Crippen LogP contribution in [-0.4, -0.2) is 48.4 Å². The predicted octanol–water partition coefficient (Wildman–Crippen LogP) is 3.30. The molecule has 0 saturated heterocycles. The molecule has 1 N–H and O–H groups in total. The number of hydrogen-bond acceptors (Lipinski definition) is 7. The first-order valence-electron chi connectivity index (χ1n) is 10.2. The van der Waals surface area contributed by atoms with Crippen LogP contribution in [0.1, 0.15) is 38.9 Å². The molecular formula is C23H20N4O5S. The normalized spacial score (nSPS) is 16.2. The molecule has 3 aromatic rings. The number of benzene rings is 2. The third kappa shape index (κ3) is 3.30. The zero-order chi connectivity index (χ0) is 23.1. The molecule has 5 rings (SSSR count). The highest BCUT2D eigenvalue weighted by Gasteiger charge is 2.49. The molecule has 0 aliphatic carbocycles. The van der Waals surface area contributed by atoms with Crippen LogP contribution >= 0.6 is 11.3 Å². The van der Waals surface area contributed by atoms with E-state index >= 15 is 0 Å². The van der Waals surface area contributed by atoms with Gasteiger partial charge in [0.25, 0.3) is 11.8 Å². The summed E-state index contributed by atoms with van der Waals surface area (Å²) in [6.45, 7) is 0.118. The van der Waals surface area contributed by atoms with Gasteiger partial charge in [0.15, 0.2) is 16.6 Å². The van der Waals surface area contributed by atoms with Crippen molar-refractivity contribution in [2.75, 3.05) is 31.0 Å². The van der Waals surface area contributed by atoms with Gasteiger partial charge < -0.3 is 19.7 Å². The second-order valence-corrected chi connectivity index (χ2v) is 8.36. The van der Waals surface area contributed by atoms with Crippen LogP contribution in [-0.2, 0) is 4.79 Å². The molecule has 0 saturated carbocycles. The number of methoxy groups -OCH3 is 2. The van der Waals surface area contributed by atoms with Crippen LogP contribution in [0.15, 0.2) is 48.0 Å². The number of nitrogens with one attached hydrogen (secondary N) is 1. The number of ether oxygens (including phenoxy) is 2. The van der Waals surface area contributed by atoms with Crippen LogP contribution in [0.25, 0.3) is 0 Å². The molecule has 33 heavy (non-hydrogen) atoms. The molecule has 2 aliphatic heterocycles. The Labute approximate surface area is 193 Å². The summed E-state index contributed by atoms with van der Waals surface area (Å²) in [6.07, 6.45) is 0.961. The van der Waals surface area contributed by atoms with E-state index in [4.69, 9.17) is 9.47 Å². The summed E-state index contributed by atoms with van der Waals surface area (Å²) in [7, 11) is 2.98. The van der Waals surface area contributed by atoms with E-state index < -0.39 is 6.17 Å². The summed E-state index contributed by atoms with van der Waals surface area (Å²) in [5.74, 6) is -0.0495. The molecule has 9 nitrogen and oxygen atoms in total. The molecule has 1 aromatic heterocycles. The van der Waals surface area contributed by atoms with Gasteiger partial charge in [-0.05, 0) is 18.2 Å². The van der Waals surface area contributed by atoms with Gasteiger partial charge in [-0.25, -0.2) is 4.98 Å². The summed E-state index contributed by atoms with van der Waals surface area (Å²) >= 11 is 1.32. The number of carbonyl (C=O) groups excluding carboxylic acids is 3. The van der Waals surface area contributed by atoms with Crippen LogP contribution in [0.2, 0.25) is 0 Å². The van der Waals surface area contributed by atoms with Gasteiger partial charge in [-0.2, -0.15) is 0 Å². The molecule has 0 radical (unpaired) electrons. The fourth-order valence-corrected chi connectivity index (χ4v) is 4.89. The Morgan fingerprint density at radius 3 is 2.67 bits per heavy atom. The number of anilines is 2. The summed E-state index contributed by atoms with van der Waals surface area (Å²) in [5.41, 5.74) is 1.91. The zero-order valence-electron chi connectivity index (χ0n) is 17.9. The first kappa shape index (κ1) is 21.0. The third-order valence-electron chi connectivity index (χ3n) is 5.74. The largest absolute Gasteiger partial charge is 0.493 e.